The van der Waals surface area contributed by atoms with E-state index < -0.39 is 44.1 Å². The van der Waals surface area contributed by atoms with E-state index in [2.05, 4.69) is 0 Å². The number of benzene rings is 3. The minimum absolute atomic E-state index is 0.0159. The molecule has 0 aliphatic rings. The summed E-state index contributed by atoms with van der Waals surface area (Å²) < 4.78 is 111. The van der Waals surface area contributed by atoms with E-state index >= 15 is 0 Å². The average molecular weight is 530 g/mol. The second-order valence-corrected chi connectivity index (χ2v) is 9.02. The van der Waals surface area contributed by atoms with Crippen molar-refractivity contribution < 1.29 is 39.5 Å². The smallest absolute Gasteiger partial charge is 0.416 e. The Bertz CT molecular complexity index is 1260. The Morgan fingerprint density at radius 2 is 1.33 bits per heavy atom. The monoisotopic (exact) mass is 529 g/mol. The molecule has 0 saturated heterocycles. The number of para-hydroxylation sites is 1. The van der Waals surface area contributed by atoms with Gasteiger partial charge in [-0.15, -0.1) is 0 Å². The van der Waals surface area contributed by atoms with E-state index in [0.717, 1.165) is 6.07 Å². The van der Waals surface area contributed by atoms with Crippen molar-refractivity contribution >= 4 is 38.9 Å². The third kappa shape index (κ3) is 6.04. The van der Waals surface area contributed by atoms with E-state index in [1.54, 1.807) is 4.72 Å². The molecule has 0 bridgehead atoms. The first-order valence-electron chi connectivity index (χ1n) is 8.71. The molecule has 3 aromatic carbocycles. The molecule has 0 aliphatic carbocycles. The fraction of sp³-hybridized carbons (Fsp3) is 0.100. The quantitative estimate of drug-likeness (QED) is 0.346. The SMILES string of the molecule is O=S(=O)(Nc1cc(C(F)(F)F)cc(C(F)(F)F)c1)c1ccccc1Oc1ccc(Cl)cc1Cl. The van der Waals surface area contributed by atoms with Crippen LogP contribution in [0.25, 0.3) is 0 Å². The van der Waals surface area contributed by atoms with Crippen molar-refractivity contribution in [2.75, 3.05) is 4.72 Å². The molecule has 0 fully saturated rings. The van der Waals surface area contributed by atoms with E-state index in [-0.39, 0.29) is 39.7 Å². The van der Waals surface area contributed by atoms with Gasteiger partial charge >= 0.3 is 12.4 Å². The van der Waals surface area contributed by atoms with E-state index in [9.17, 15) is 34.8 Å². The summed E-state index contributed by atoms with van der Waals surface area (Å²) >= 11 is 11.8. The van der Waals surface area contributed by atoms with E-state index in [4.69, 9.17) is 27.9 Å². The van der Waals surface area contributed by atoms with Gasteiger partial charge in [-0.2, -0.15) is 26.3 Å². The summed E-state index contributed by atoms with van der Waals surface area (Å²) in [4.78, 5) is -0.554. The van der Waals surface area contributed by atoms with Crippen LogP contribution in [0.15, 0.2) is 65.6 Å². The molecule has 3 rings (SSSR count). The van der Waals surface area contributed by atoms with Gasteiger partial charge in [-0.3, -0.25) is 4.72 Å². The Labute approximate surface area is 193 Å². The predicted molar refractivity (Wildman–Crippen MR) is 110 cm³/mol. The number of anilines is 1. The maximum absolute atomic E-state index is 13.1. The molecule has 0 amide bonds. The van der Waals surface area contributed by atoms with Gasteiger partial charge in [0.05, 0.1) is 21.8 Å². The maximum atomic E-state index is 13.1. The molecule has 176 valence electrons. The number of alkyl halides is 6. The Kier molecular flexibility index (Phi) is 6.79. The molecule has 0 aromatic heterocycles. The van der Waals surface area contributed by atoms with Crippen LogP contribution in [0.1, 0.15) is 11.1 Å². The highest BCUT2D eigenvalue weighted by atomic mass is 35.5. The van der Waals surface area contributed by atoms with Gasteiger partial charge in [-0.1, -0.05) is 35.3 Å². The van der Waals surface area contributed by atoms with Crippen LogP contribution in [0.2, 0.25) is 10.0 Å². The Morgan fingerprint density at radius 3 is 1.88 bits per heavy atom. The fourth-order valence-electron chi connectivity index (χ4n) is 2.66. The first-order valence-corrected chi connectivity index (χ1v) is 10.9. The second kappa shape index (κ2) is 8.96. The predicted octanol–water partition coefficient (Wildman–Crippen LogP) is 7.62. The van der Waals surface area contributed by atoms with Gasteiger partial charge in [0.1, 0.15) is 16.4 Å². The van der Waals surface area contributed by atoms with E-state index in [1.165, 1.54) is 36.4 Å². The molecule has 33 heavy (non-hydrogen) atoms. The summed E-state index contributed by atoms with van der Waals surface area (Å²) in [6, 6.07) is 9.48. The molecule has 0 atom stereocenters. The highest BCUT2D eigenvalue weighted by Gasteiger charge is 2.37. The van der Waals surface area contributed by atoms with E-state index in [1.807, 2.05) is 0 Å². The highest BCUT2D eigenvalue weighted by Crippen LogP contribution is 2.39. The molecule has 1 N–H and O–H groups in total. The summed E-state index contributed by atoms with van der Waals surface area (Å²) in [7, 11) is -4.69. The zero-order valence-electron chi connectivity index (χ0n) is 15.9. The number of ether oxygens (including phenoxy) is 1. The lowest BCUT2D eigenvalue weighted by Gasteiger charge is -2.17. The van der Waals surface area contributed by atoms with Crippen molar-refractivity contribution in [1.82, 2.24) is 0 Å². The van der Waals surface area contributed by atoms with Crippen LogP contribution in [0.4, 0.5) is 32.0 Å². The molecule has 3 aromatic rings. The third-order valence-corrected chi connectivity index (χ3v) is 6.04. The van der Waals surface area contributed by atoms with Crippen LogP contribution in [-0.2, 0) is 22.4 Å². The molecular weight excluding hydrogens is 519 g/mol. The molecule has 4 nitrogen and oxygen atoms in total. The van der Waals surface area contributed by atoms with Crippen LogP contribution in [-0.4, -0.2) is 8.42 Å². The number of halogens is 8. The second-order valence-electron chi connectivity index (χ2n) is 6.52. The van der Waals surface area contributed by atoms with Gasteiger partial charge in [-0.05, 0) is 48.5 Å². The zero-order chi connectivity index (χ0) is 24.6. The minimum Gasteiger partial charge on any atom is -0.454 e. The highest BCUT2D eigenvalue weighted by molar-refractivity contribution is 7.92. The summed E-state index contributed by atoms with van der Waals surface area (Å²) in [5.74, 6) is -0.264. The molecule has 0 unspecified atom stereocenters. The number of nitrogens with one attached hydrogen (secondary N) is 1. The Hall–Kier alpha value is -2.63. The van der Waals surface area contributed by atoms with E-state index in [0.29, 0.717) is 0 Å². The Balaban J connectivity index is 2.03. The normalized spacial score (nSPS) is 12.5. The standard InChI is InChI=1S/C20H11Cl2F6NO3S/c21-13-5-6-16(15(22)10-13)32-17-3-1-2-4-18(17)33(30,31)29-14-8-11(19(23,24)25)7-12(9-14)20(26,27)28/h1-10,29H. The molecule has 0 aliphatic heterocycles. The van der Waals surface area contributed by atoms with Crippen LogP contribution >= 0.6 is 23.2 Å². The molecule has 0 radical (unpaired) electrons. The van der Waals surface area contributed by atoms with Crippen molar-refractivity contribution in [2.45, 2.75) is 17.2 Å². The van der Waals surface area contributed by atoms with Gasteiger partial charge in [-0.25, -0.2) is 8.42 Å². The van der Waals surface area contributed by atoms with Gasteiger partial charge in [0.25, 0.3) is 10.0 Å². The maximum Gasteiger partial charge on any atom is 0.416 e. The Morgan fingerprint density at radius 1 is 0.758 bits per heavy atom. The van der Waals surface area contributed by atoms with Gasteiger partial charge < -0.3 is 4.74 Å². The topological polar surface area (TPSA) is 55.4 Å². The van der Waals surface area contributed by atoms with Crippen molar-refractivity contribution in [3.8, 4) is 11.5 Å². The van der Waals surface area contributed by atoms with Crippen molar-refractivity contribution in [2.24, 2.45) is 0 Å². The molecule has 0 heterocycles. The summed E-state index contributed by atoms with van der Waals surface area (Å²) in [5.41, 5.74) is -4.28. The summed E-state index contributed by atoms with van der Waals surface area (Å²) in [6.45, 7) is 0. The summed E-state index contributed by atoms with van der Waals surface area (Å²) in [5, 5.41) is 0.315. The number of rotatable bonds is 5. The number of hydrogen-bond donors (Lipinski definition) is 1. The van der Waals surface area contributed by atoms with Crippen LogP contribution in [0, 0.1) is 0 Å². The van der Waals surface area contributed by atoms with Crippen LogP contribution in [0.3, 0.4) is 0 Å². The number of hydrogen-bond acceptors (Lipinski definition) is 3. The summed E-state index contributed by atoms with van der Waals surface area (Å²) in [6.07, 6.45) is -10.3. The van der Waals surface area contributed by atoms with Gasteiger partial charge in [0.2, 0.25) is 0 Å². The zero-order valence-corrected chi connectivity index (χ0v) is 18.3. The lowest BCUT2D eigenvalue weighted by Crippen LogP contribution is -2.17. The third-order valence-electron chi connectivity index (χ3n) is 4.09. The average Bonchev–Trinajstić information content (AvgIpc) is 2.68. The largest absolute Gasteiger partial charge is 0.454 e. The first kappa shape index (κ1) is 25.0. The molecular formula is C20H11Cl2F6NO3S. The van der Waals surface area contributed by atoms with Gasteiger partial charge in [0.15, 0.2) is 0 Å². The van der Waals surface area contributed by atoms with Crippen LogP contribution < -0.4 is 9.46 Å². The van der Waals surface area contributed by atoms with Crippen molar-refractivity contribution in [1.29, 1.82) is 0 Å². The van der Waals surface area contributed by atoms with Crippen molar-refractivity contribution in [3.63, 3.8) is 0 Å². The molecule has 0 saturated carbocycles. The lowest BCUT2D eigenvalue weighted by molar-refractivity contribution is -0.143. The first-order chi connectivity index (χ1) is 15.2. The van der Waals surface area contributed by atoms with Crippen LogP contribution in [0.5, 0.6) is 11.5 Å². The minimum atomic E-state index is -5.15. The molecule has 0 spiro atoms. The number of sulfonamides is 1. The van der Waals surface area contributed by atoms with Crippen molar-refractivity contribution in [3.05, 3.63) is 81.8 Å². The van der Waals surface area contributed by atoms with Gasteiger partial charge in [0, 0.05) is 5.02 Å². The fourth-order valence-corrected chi connectivity index (χ4v) is 4.27. The lowest BCUT2D eigenvalue weighted by atomic mass is 10.1. The molecule has 13 heteroatoms.